The lowest BCUT2D eigenvalue weighted by molar-refractivity contribution is 0.102. The Labute approximate surface area is 217 Å². The number of hydrogen-bond acceptors (Lipinski definition) is 6. The van der Waals surface area contributed by atoms with Gasteiger partial charge >= 0.3 is 0 Å². The largest absolute Gasteiger partial charge is 0.493 e. The molecule has 3 heterocycles. The van der Waals surface area contributed by atoms with Gasteiger partial charge in [0.1, 0.15) is 5.75 Å². The molecule has 1 fully saturated rings. The second-order valence-corrected chi connectivity index (χ2v) is 9.55. The van der Waals surface area contributed by atoms with Crippen LogP contribution in [0.25, 0.3) is 0 Å². The molecule has 1 saturated heterocycles. The average Bonchev–Trinajstić information content (AvgIpc) is 3.44. The molecule has 0 radical (unpaired) electrons. The molecule has 1 amide bonds. The van der Waals surface area contributed by atoms with Gasteiger partial charge in [-0.15, -0.1) is 12.4 Å². The Morgan fingerprint density at radius 1 is 1.14 bits per heavy atom. The van der Waals surface area contributed by atoms with Crippen LogP contribution in [-0.2, 0) is 13.1 Å². The Bertz CT molecular complexity index is 1130. The smallest absolute Gasteiger partial charge is 0.277 e. The predicted molar refractivity (Wildman–Crippen MR) is 140 cm³/mol. The highest BCUT2D eigenvalue weighted by Gasteiger charge is 2.16. The van der Waals surface area contributed by atoms with Gasteiger partial charge in [0.15, 0.2) is 11.5 Å². The average molecular weight is 519 g/mol. The molecule has 0 aliphatic carbocycles. The molecule has 188 valence electrons. The SMILES string of the molecule is Cc1cc(C(=O)Nc2cnc(CN3CCCC3)cn2)nn1Cc1cc(Cl)ccc1OCC(C)C.Cl. The fourth-order valence-corrected chi connectivity index (χ4v) is 4.06. The van der Waals surface area contributed by atoms with E-state index in [2.05, 4.69) is 39.1 Å². The van der Waals surface area contributed by atoms with E-state index in [-0.39, 0.29) is 18.3 Å². The van der Waals surface area contributed by atoms with Gasteiger partial charge < -0.3 is 10.1 Å². The minimum atomic E-state index is -0.328. The van der Waals surface area contributed by atoms with Gasteiger partial charge in [-0.3, -0.25) is 19.4 Å². The fourth-order valence-electron chi connectivity index (χ4n) is 3.86. The number of halogens is 2. The van der Waals surface area contributed by atoms with Crippen molar-refractivity contribution in [3.8, 4) is 5.75 Å². The first-order valence-electron chi connectivity index (χ1n) is 11.7. The van der Waals surface area contributed by atoms with E-state index >= 15 is 0 Å². The van der Waals surface area contributed by atoms with Crippen molar-refractivity contribution >= 4 is 35.7 Å². The van der Waals surface area contributed by atoms with E-state index < -0.39 is 0 Å². The van der Waals surface area contributed by atoms with E-state index in [1.165, 1.54) is 12.8 Å². The second-order valence-electron chi connectivity index (χ2n) is 9.12. The number of nitrogens with one attached hydrogen (secondary N) is 1. The van der Waals surface area contributed by atoms with Crippen molar-refractivity contribution in [3.63, 3.8) is 0 Å². The molecule has 10 heteroatoms. The first-order valence-corrected chi connectivity index (χ1v) is 12.1. The standard InChI is InChI=1S/C25H31ClN6O2.ClH/c1-17(2)16-34-23-7-6-20(26)11-19(23)14-32-18(3)10-22(30-32)25(33)29-24-13-27-21(12-28-24)15-31-8-4-5-9-31;/h6-7,10-13,17H,4-5,8-9,14-16H2,1-3H3,(H,28,29,33);1H. The number of amides is 1. The van der Waals surface area contributed by atoms with Crippen LogP contribution in [0.5, 0.6) is 5.75 Å². The van der Waals surface area contributed by atoms with Crippen LogP contribution in [0.4, 0.5) is 5.82 Å². The molecule has 2 aromatic heterocycles. The molecule has 0 unspecified atom stereocenters. The van der Waals surface area contributed by atoms with Gasteiger partial charge in [-0.25, -0.2) is 4.98 Å². The topological polar surface area (TPSA) is 85.2 Å². The van der Waals surface area contributed by atoms with Gasteiger partial charge in [0.2, 0.25) is 0 Å². The van der Waals surface area contributed by atoms with E-state index in [9.17, 15) is 4.79 Å². The van der Waals surface area contributed by atoms with Crippen LogP contribution in [0, 0.1) is 12.8 Å². The summed E-state index contributed by atoms with van der Waals surface area (Å²) in [6, 6.07) is 7.31. The predicted octanol–water partition coefficient (Wildman–Crippen LogP) is 4.99. The molecule has 0 bridgehead atoms. The Balaban J connectivity index is 0.00000342. The molecule has 1 aliphatic heterocycles. The number of aryl methyl sites for hydroxylation is 1. The van der Waals surface area contributed by atoms with Crippen LogP contribution >= 0.6 is 24.0 Å². The summed E-state index contributed by atoms with van der Waals surface area (Å²) in [7, 11) is 0. The van der Waals surface area contributed by atoms with Crippen LogP contribution in [-0.4, -0.2) is 50.3 Å². The molecule has 1 aliphatic rings. The van der Waals surface area contributed by atoms with Crippen molar-refractivity contribution in [2.45, 2.75) is 46.7 Å². The summed E-state index contributed by atoms with van der Waals surface area (Å²) in [5.74, 6) is 1.25. The number of likely N-dealkylation sites (tertiary alicyclic amines) is 1. The van der Waals surface area contributed by atoms with Crippen LogP contribution < -0.4 is 10.1 Å². The summed E-state index contributed by atoms with van der Waals surface area (Å²) in [6.07, 6.45) is 5.78. The van der Waals surface area contributed by atoms with Gasteiger partial charge in [0, 0.05) is 22.8 Å². The van der Waals surface area contributed by atoms with E-state index in [1.54, 1.807) is 23.1 Å². The van der Waals surface area contributed by atoms with Crippen molar-refractivity contribution < 1.29 is 9.53 Å². The Morgan fingerprint density at radius 3 is 2.60 bits per heavy atom. The number of carbonyl (C=O) groups is 1. The maximum Gasteiger partial charge on any atom is 0.277 e. The fraction of sp³-hybridized carbons (Fsp3) is 0.440. The minimum absolute atomic E-state index is 0. The first kappa shape index (κ1) is 26.9. The van der Waals surface area contributed by atoms with E-state index in [4.69, 9.17) is 16.3 Å². The molecule has 35 heavy (non-hydrogen) atoms. The number of ether oxygens (including phenoxy) is 1. The zero-order valence-electron chi connectivity index (χ0n) is 20.3. The Kier molecular flexibility index (Phi) is 9.48. The highest BCUT2D eigenvalue weighted by molar-refractivity contribution is 6.30. The molecule has 8 nitrogen and oxygen atoms in total. The number of nitrogens with zero attached hydrogens (tertiary/aromatic N) is 5. The molecular formula is C25H32Cl2N6O2. The number of rotatable bonds is 9. The van der Waals surface area contributed by atoms with Crippen molar-refractivity contribution in [1.82, 2.24) is 24.6 Å². The zero-order chi connectivity index (χ0) is 24.1. The lowest BCUT2D eigenvalue weighted by Crippen LogP contribution is -2.19. The van der Waals surface area contributed by atoms with E-state index in [1.807, 2.05) is 25.1 Å². The number of aromatic nitrogens is 4. The Morgan fingerprint density at radius 2 is 1.91 bits per heavy atom. The first-order chi connectivity index (χ1) is 16.4. The van der Waals surface area contributed by atoms with Crippen molar-refractivity contribution in [2.75, 3.05) is 25.0 Å². The number of anilines is 1. The summed E-state index contributed by atoms with van der Waals surface area (Å²) in [4.78, 5) is 23.9. The zero-order valence-corrected chi connectivity index (χ0v) is 21.9. The highest BCUT2D eigenvalue weighted by Crippen LogP contribution is 2.25. The van der Waals surface area contributed by atoms with Gasteiger partial charge in [0.25, 0.3) is 5.91 Å². The molecule has 4 rings (SSSR count). The summed E-state index contributed by atoms with van der Waals surface area (Å²) in [5.41, 5.74) is 2.97. The van der Waals surface area contributed by atoms with Crippen LogP contribution in [0.2, 0.25) is 5.02 Å². The summed E-state index contributed by atoms with van der Waals surface area (Å²) in [5, 5.41) is 7.92. The van der Waals surface area contributed by atoms with Crippen LogP contribution in [0.1, 0.15) is 54.1 Å². The van der Waals surface area contributed by atoms with Crippen molar-refractivity contribution in [2.24, 2.45) is 5.92 Å². The third kappa shape index (κ3) is 7.40. The van der Waals surface area contributed by atoms with Crippen molar-refractivity contribution in [3.05, 3.63) is 64.3 Å². The monoisotopic (exact) mass is 518 g/mol. The molecule has 0 atom stereocenters. The molecule has 1 aromatic carbocycles. The summed E-state index contributed by atoms with van der Waals surface area (Å²) in [6.45, 7) is 10.2. The van der Waals surface area contributed by atoms with Gasteiger partial charge in [-0.1, -0.05) is 25.4 Å². The van der Waals surface area contributed by atoms with Crippen molar-refractivity contribution in [1.29, 1.82) is 0 Å². The third-order valence-electron chi connectivity index (χ3n) is 5.66. The summed E-state index contributed by atoms with van der Waals surface area (Å²) >= 11 is 6.23. The van der Waals surface area contributed by atoms with Gasteiger partial charge in [0.05, 0.1) is 31.2 Å². The number of benzene rings is 1. The third-order valence-corrected chi connectivity index (χ3v) is 5.89. The normalized spacial score (nSPS) is 13.6. The van der Waals surface area contributed by atoms with Crippen LogP contribution in [0.15, 0.2) is 36.7 Å². The lowest BCUT2D eigenvalue weighted by Gasteiger charge is -2.14. The van der Waals surface area contributed by atoms with E-state index in [0.717, 1.165) is 42.3 Å². The quantitative estimate of drug-likeness (QED) is 0.429. The second kappa shape index (κ2) is 12.3. The maximum atomic E-state index is 12.8. The van der Waals surface area contributed by atoms with E-state index in [0.29, 0.717) is 35.6 Å². The van der Waals surface area contributed by atoms with Crippen LogP contribution in [0.3, 0.4) is 0 Å². The minimum Gasteiger partial charge on any atom is -0.493 e. The maximum absolute atomic E-state index is 12.8. The number of carbonyl (C=O) groups excluding carboxylic acids is 1. The Hall–Kier alpha value is -2.68. The highest BCUT2D eigenvalue weighted by atomic mass is 35.5. The summed E-state index contributed by atoms with van der Waals surface area (Å²) < 4.78 is 7.72. The number of hydrogen-bond donors (Lipinski definition) is 1. The lowest BCUT2D eigenvalue weighted by atomic mass is 10.2. The molecular weight excluding hydrogens is 487 g/mol. The van der Waals surface area contributed by atoms with Gasteiger partial charge in [-0.2, -0.15) is 5.10 Å². The van der Waals surface area contributed by atoms with Gasteiger partial charge in [-0.05, 0) is 63.0 Å². The molecule has 0 spiro atoms. The molecule has 1 N–H and O–H groups in total. The molecule has 3 aromatic rings. The molecule has 0 saturated carbocycles.